The largest absolute Gasteiger partial charge is 0.198 e. The van der Waals surface area contributed by atoms with Crippen molar-refractivity contribution in [2.45, 2.75) is 31.4 Å². The normalized spacial score (nSPS) is 18.5. The Bertz CT molecular complexity index is 168. The van der Waals surface area contributed by atoms with Crippen LogP contribution in [0.4, 0.5) is 3.89 Å². The number of halogens is 1. The monoisotopic (exact) mass is 177 g/mol. The van der Waals surface area contributed by atoms with Gasteiger partial charge in [-0.05, 0) is 25.9 Å². The van der Waals surface area contributed by atoms with Crippen LogP contribution in [-0.2, 0) is 0 Å². The van der Waals surface area contributed by atoms with E-state index in [0.29, 0.717) is 6.42 Å². The molecule has 0 bridgehead atoms. The Labute approximate surface area is 70.2 Å². The van der Waals surface area contributed by atoms with Crippen molar-refractivity contribution in [3.63, 3.8) is 0 Å². The highest BCUT2D eigenvalue weighted by molar-refractivity contribution is 8.29. The highest BCUT2D eigenvalue weighted by Gasteiger charge is 2.35. The molecule has 0 aliphatic rings. The van der Waals surface area contributed by atoms with Crippen LogP contribution in [0.2, 0.25) is 0 Å². The first-order valence-corrected chi connectivity index (χ1v) is 6.02. The number of hydrogen-bond donors (Lipinski definition) is 0. The van der Waals surface area contributed by atoms with Crippen LogP contribution >= 0.6 is 10.4 Å². The SMILES string of the molecule is CCC(C)(CC#N)S(C)(C)F. The van der Waals surface area contributed by atoms with E-state index < -0.39 is 15.2 Å². The van der Waals surface area contributed by atoms with Gasteiger partial charge in [0.15, 0.2) is 0 Å². The third-order valence-electron chi connectivity index (χ3n) is 2.37. The molecule has 0 aromatic rings. The Kier molecular flexibility index (Phi) is 3.37. The Morgan fingerprint density at radius 1 is 1.55 bits per heavy atom. The standard InChI is InChI=1S/C8H16FNS/c1-5-8(2,6-7-10)11(3,4)9/h5-6H2,1-4H3. The molecule has 0 N–H and O–H groups in total. The molecule has 0 aliphatic heterocycles. The molecule has 3 heteroatoms. The summed E-state index contributed by atoms with van der Waals surface area (Å²) < 4.78 is 13.1. The topological polar surface area (TPSA) is 23.8 Å². The molecule has 0 amide bonds. The molecular weight excluding hydrogens is 161 g/mol. The minimum Gasteiger partial charge on any atom is -0.198 e. The minimum absolute atomic E-state index is 0.322. The smallest absolute Gasteiger partial charge is 0.0636 e. The van der Waals surface area contributed by atoms with E-state index in [4.69, 9.17) is 5.26 Å². The van der Waals surface area contributed by atoms with E-state index in [1.165, 1.54) is 0 Å². The molecule has 0 spiro atoms. The van der Waals surface area contributed by atoms with E-state index in [1.54, 1.807) is 12.5 Å². The molecule has 66 valence electrons. The van der Waals surface area contributed by atoms with Gasteiger partial charge < -0.3 is 0 Å². The molecule has 0 heterocycles. The van der Waals surface area contributed by atoms with E-state index in [-0.39, 0.29) is 0 Å². The van der Waals surface area contributed by atoms with Gasteiger partial charge in [-0.1, -0.05) is 17.3 Å². The van der Waals surface area contributed by atoms with Gasteiger partial charge in [-0.3, -0.25) is 0 Å². The van der Waals surface area contributed by atoms with Gasteiger partial charge in [0, 0.05) is 4.75 Å². The van der Waals surface area contributed by atoms with Crippen molar-refractivity contribution >= 4 is 10.4 Å². The molecule has 0 fully saturated rings. The van der Waals surface area contributed by atoms with Gasteiger partial charge >= 0.3 is 0 Å². The summed E-state index contributed by atoms with van der Waals surface area (Å²) in [7, 11) is -2.10. The Hall–Kier alpha value is -0.230. The lowest BCUT2D eigenvalue weighted by atomic mass is 10.1. The quantitative estimate of drug-likeness (QED) is 0.650. The van der Waals surface area contributed by atoms with Crippen LogP contribution in [0.3, 0.4) is 0 Å². The van der Waals surface area contributed by atoms with Crippen LogP contribution in [0.15, 0.2) is 0 Å². The highest BCUT2D eigenvalue weighted by atomic mass is 32.3. The molecule has 0 saturated heterocycles. The summed E-state index contributed by atoms with van der Waals surface area (Å²) in [5.74, 6) is 0. The van der Waals surface area contributed by atoms with Crippen molar-refractivity contribution < 1.29 is 3.89 Å². The average molecular weight is 177 g/mol. The summed E-state index contributed by atoms with van der Waals surface area (Å²) in [6, 6.07) is 2.05. The van der Waals surface area contributed by atoms with Crippen LogP contribution in [-0.4, -0.2) is 17.3 Å². The molecule has 0 rings (SSSR count). The fraction of sp³-hybridized carbons (Fsp3) is 0.875. The van der Waals surface area contributed by atoms with E-state index in [1.807, 2.05) is 19.9 Å². The van der Waals surface area contributed by atoms with Crippen LogP contribution in [0.25, 0.3) is 0 Å². The maximum absolute atomic E-state index is 13.6. The van der Waals surface area contributed by atoms with Gasteiger partial charge in [0.2, 0.25) is 0 Å². The lowest BCUT2D eigenvalue weighted by Gasteiger charge is -2.39. The van der Waals surface area contributed by atoms with Crippen LogP contribution in [0.1, 0.15) is 26.7 Å². The Morgan fingerprint density at radius 2 is 2.00 bits per heavy atom. The van der Waals surface area contributed by atoms with Crippen molar-refractivity contribution in [1.82, 2.24) is 0 Å². The Balaban J connectivity index is 4.49. The summed E-state index contributed by atoms with van der Waals surface area (Å²) in [5, 5.41) is 8.49. The van der Waals surface area contributed by atoms with Crippen LogP contribution in [0.5, 0.6) is 0 Å². The van der Waals surface area contributed by atoms with Gasteiger partial charge in [-0.2, -0.15) is 9.15 Å². The second-order valence-corrected chi connectivity index (χ2v) is 6.73. The summed E-state index contributed by atoms with van der Waals surface area (Å²) >= 11 is 0. The number of rotatable bonds is 3. The molecule has 11 heavy (non-hydrogen) atoms. The van der Waals surface area contributed by atoms with Crippen molar-refractivity contribution in [3.05, 3.63) is 0 Å². The Morgan fingerprint density at radius 3 is 2.09 bits per heavy atom. The molecule has 1 atom stereocenters. The predicted octanol–water partition coefficient (Wildman–Crippen LogP) is 3.02. The first-order chi connectivity index (χ1) is 4.87. The highest BCUT2D eigenvalue weighted by Crippen LogP contribution is 2.57. The molecule has 0 aromatic heterocycles. The second kappa shape index (κ2) is 3.44. The van der Waals surface area contributed by atoms with Crippen molar-refractivity contribution in [1.29, 1.82) is 5.26 Å². The summed E-state index contributed by atoms with van der Waals surface area (Å²) in [6.45, 7) is 3.79. The predicted molar refractivity (Wildman–Crippen MR) is 49.5 cm³/mol. The van der Waals surface area contributed by atoms with E-state index in [2.05, 4.69) is 0 Å². The van der Waals surface area contributed by atoms with Crippen molar-refractivity contribution in [2.24, 2.45) is 0 Å². The molecule has 0 radical (unpaired) electrons. The molecule has 0 aromatic carbocycles. The number of nitrogens with zero attached hydrogens (tertiary/aromatic N) is 1. The van der Waals surface area contributed by atoms with E-state index in [9.17, 15) is 3.89 Å². The van der Waals surface area contributed by atoms with Gasteiger partial charge in [-0.15, -0.1) is 0 Å². The summed E-state index contributed by atoms with van der Waals surface area (Å²) in [5.41, 5.74) is 0. The van der Waals surface area contributed by atoms with Crippen LogP contribution in [0, 0.1) is 11.3 Å². The third kappa shape index (κ3) is 2.37. The zero-order valence-electron chi connectivity index (χ0n) is 7.65. The minimum atomic E-state index is -2.10. The number of nitriles is 1. The molecule has 1 nitrogen and oxygen atoms in total. The second-order valence-electron chi connectivity index (χ2n) is 3.34. The molecule has 0 saturated carbocycles. The van der Waals surface area contributed by atoms with Crippen molar-refractivity contribution in [3.8, 4) is 6.07 Å². The summed E-state index contributed by atoms with van der Waals surface area (Å²) in [4.78, 5) is 0. The zero-order valence-corrected chi connectivity index (χ0v) is 8.46. The number of hydrogen-bond acceptors (Lipinski definition) is 1. The van der Waals surface area contributed by atoms with Crippen molar-refractivity contribution in [2.75, 3.05) is 12.5 Å². The fourth-order valence-electron chi connectivity index (χ4n) is 0.807. The van der Waals surface area contributed by atoms with Gasteiger partial charge in [0.25, 0.3) is 0 Å². The average Bonchev–Trinajstić information content (AvgIpc) is 1.86. The maximum atomic E-state index is 13.6. The van der Waals surface area contributed by atoms with Crippen LogP contribution < -0.4 is 0 Å². The van der Waals surface area contributed by atoms with Gasteiger partial charge in [0.05, 0.1) is 12.5 Å². The zero-order chi connectivity index (χ0) is 9.12. The summed E-state index contributed by atoms with van der Waals surface area (Å²) in [6.07, 6.45) is 4.30. The lowest BCUT2D eigenvalue weighted by Crippen LogP contribution is -2.27. The molecule has 1 unspecified atom stereocenters. The first kappa shape index (κ1) is 10.8. The molecular formula is C8H16FNS. The van der Waals surface area contributed by atoms with E-state index in [0.717, 1.165) is 6.42 Å². The fourth-order valence-corrected chi connectivity index (χ4v) is 1.90. The first-order valence-electron chi connectivity index (χ1n) is 3.67. The maximum Gasteiger partial charge on any atom is 0.0636 e. The van der Waals surface area contributed by atoms with Gasteiger partial charge in [-0.25, -0.2) is 0 Å². The third-order valence-corrected chi connectivity index (χ3v) is 5.15. The lowest BCUT2D eigenvalue weighted by molar-refractivity contribution is 0.600. The van der Waals surface area contributed by atoms with Gasteiger partial charge in [0.1, 0.15) is 0 Å². The molecule has 0 aliphatic carbocycles. The van der Waals surface area contributed by atoms with E-state index >= 15 is 0 Å².